The summed E-state index contributed by atoms with van der Waals surface area (Å²) in [6.07, 6.45) is 16.6. The van der Waals surface area contributed by atoms with Crippen LogP contribution in [0.3, 0.4) is 0 Å². The first-order valence-electron chi connectivity index (χ1n) is 23.4. The fourth-order valence-corrected chi connectivity index (χ4v) is 10.4. The summed E-state index contributed by atoms with van der Waals surface area (Å²) in [6, 6.07) is 12.6. The Morgan fingerprint density at radius 3 is 2.46 bits per heavy atom. The maximum absolute atomic E-state index is 15.4. The summed E-state index contributed by atoms with van der Waals surface area (Å²) < 4.78 is 17.4. The smallest absolute Gasteiger partial charge is 0.250 e. The highest BCUT2D eigenvalue weighted by Crippen LogP contribution is 2.35. The monoisotopic (exact) mass is 880 g/mol. The van der Waals surface area contributed by atoms with Gasteiger partial charge in [-0.05, 0) is 144 Å². The molecular weight excluding hydrogens is 820 g/mol. The third kappa shape index (κ3) is 10.4. The number of hydrogen-bond donors (Lipinski definition) is 3. The van der Waals surface area contributed by atoms with E-state index in [4.69, 9.17) is 10.8 Å². The zero-order valence-corrected chi connectivity index (χ0v) is 37.7. The highest BCUT2D eigenvalue weighted by Gasteiger charge is 2.30. The number of carbonyl (C=O) groups excluding carboxylic acids is 3. The molecule has 3 aromatic heterocycles. The van der Waals surface area contributed by atoms with Crippen molar-refractivity contribution in [2.75, 3.05) is 56.9 Å². The maximum atomic E-state index is 15.4. The van der Waals surface area contributed by atoms with Crippen LogP contribution in [0.25, 0.3) is 17.2 Å². The minimum atomic E-state index is -0.558. The number of amides is 2. The molecule has 3 fully saturated rings. The van der Waals surface area contributed by atoms with E-state index in [1.807, 2.05) is 47.6 Å². The molecule has 9 rings (SSSR count). The second-order valence-corrected chi connectivity index (χ2v) is 18.7. The van der Waals surface area contributed by atoms with Gasteiger partial charge in [-0.15, -0.1) is 0 Å². The van der Waals surface area contributed by atoms with Crippen molar-refractivity contribution < 1.29 is 18.8 Å². The molecule has 4 aliphatic heterocycles. The van der Waals surface area contributed by atoms with E-state index in [2.05, 4.69) is 73.2 Å². The number of allylic oxidation sites excluding steroid dienone is 3. The first kappa shape index (κ1) is 44.2. The summed E-state index contributed by atoms with van der Waals surface area (Å²) in [5.74, 6) is 0.808. The number of hydrogen-bond acceptors (Lipinski definition) is 10. The first-order valence-corrected chi connectivity index (χ1v) is 23.4. The summed E-state index contributed by atoms with van der Waals surface area (Å²) in [7, 11) is 0. The lowest BCUT2D eigenvalue weighted by Gasteiger charge is -2.34. The standard InChI is InChI=1S/C51H61FN10O3/c1-33(25-46-34(2)54-18-13-44(46)39-7-12-49(53)55-28-39)30-59-19-14-36(15-20-59)35-3-5-38(6-4-35)51(65)61-23-24-62-42(32-61)26-41(58-62)31-60-21-16-37(17-22-60)45-10-8-40(27-47(45)52)57-48-11-9-43(63)29-56-50(48)64/h3,5,7-8,10,12-13,18,25-28,36-37,48,57H,4,6,9,11,14-17,19-24,29-32H2,1-2H3,(H2,53,55)(H,56,64)/b33-25+. The van der Waals surface area contributed by atoms with E-state index in [0.717, 1.165) is 117 Å². The van der Waals surface area contributed by atoms with Crippen molar-refractivity contribution in [1.29, 1.82) is 0 Å². The zero-order chi connectivity index (χ0) is 45.0. The molecular formula is C51H61FN10O3. The number of fused-ring (bicyclic) bond motifs is 1. The van der Waals surface area contributed by atoms with Crippen LogP contribution in [0.5, 0.6) is 0 Å². The van der Waals surface area contributed by atoms with Gasteiger partial charge in [0.1, 0.15) is 17.7 Å². The third-order valence-electron chi connectivity index (χ3n) is 14.1. The molecule has 5 aliphatic rings. The van der Waals surface area contributed by atoms with Crippen molar-refractivity contribution in [3.8, 4) is 11.1 Å². The normalized spacial score (nSPS) is 20.8. The van der Waals surface area contributed by atoms with Crippen molar-refractivity contribution in [3.63, 3.8) is 0 Å². The molecule has 2 amide bonds. The minimum absolute atomic E-state index is 0.00230. The topological polar surface area (TPSA) is 155 Å². The van der Waals surface area contributed by atoms with Gasteiger partial charge in [0.15, 0.2) is 5.78 Å². The number of benzene rings is 1. The number of ketones is 1. The Morgan fingerprint density at radius 2 is 1.71 bits per heavy atom. The zero-order valence-electron chi connectivity index (χ0n) is 37.7. The molecule has 1 aliphatic carbocycles. The van der Waals surface area contributed by atoms with Gasteiger partial charge in [-0.3, -0.25) is 33.8 Å². The Kier molecular flexibility index (Phi) is 13.4. The highest BCUT2D eigenvalue weighted by atomic mass is 19.1. The molecule has 0 saturated carbocycles. The van der Waals surface area contributed by atoms with Crippen molar-refractivity contribution in [1.82, 2.24) is 39.8 Å². The van der Waals surface area contributed by atoms with Crippen molar-refractivity contribution >= 4 is 35.2 Å². The minimum Gasteiger partial charge on any atom is -0.384 e. The number of likely N-dealkylation sites (tertiary alicyclic amines) is 2. The van der Waals surface area contributed by atoms with E-state index in [1.165, 1.54) is 17.2 Å². The van der Waals surface area contributed by atoms with Crippen LogP contribution >= 0.6 is 0 Å². The van der Waals surface area contributed by atoms with E-state index in [0.29, 0.717) is 55.5 Å². The van der Waals surface area contributed by atoms with Crippen LogP contribution in [0.1, 0.15) is 92.4 Å². The van der Waals surface area contributed by atoms with Gasteiger partial charge in [0, 0.05) is 66.5 Å². The molecule has 13 nitrogen and oxygen atoms in total. The Hall–Kier alpha value is -5.99. The van der Waals surface area contributed by atoms with E-state index in [9.17, 15) is 14.4 Å². The Labute approximate surface area is 381 Å². The molecule has 1 unspecified atom stereocenters. The van der Waals surface area contributed by atoms with E-state index >= 15 is 4.39 Å². The van der Waals surface area contributed by atoms with Crippen LogP contribution in [0, 0.1) is 18.7 Å². The van der Waals surface area contributed by atoms with E-state index < -0.39 is 6.04 Å². The number of rotatable bonds is 11. The Bertz CT molecular complexity index is 2510. The number of Topliss-reactive ketones (excluding diaryl/α,β-unsaturated/α-hetero) is 1. The van der Waals surface area contributed by atoms with Gasteiger partial charge in [0.2, 0.25) is 11.8 Å². The number of nitrogens with two attached hydrogens (primary N) is 1. The van der Waals surface area contributed by atoms with Crippen molar-refractivity contribution in [3.05, 3.63) is 118 Å². The average Bonchev–Trinajstić information content (AvgIpc) is 3.65. The number of anilines is 2. The number of nitrogens with zero attached hydrogens (tertiary/aromatic N) is 7. The molecule has 65 heavy (non-hydrogen) atoms. The lowest BCUT2D eigenvalue weighted by molar-refractivity contribution is -0.128. The van der Waals surface area contributed by atoms with Gasteiger partial charge < -0.3 is 21.3 Å². The van der Waals surface area contributed by atoms with Crippen LogP contribution < -0.4 is 16.4 Å². The third-order valence-corrected chi connectivity index (χ3v) is 14.1. The predicted octanol–water partition coefficient (Wildman–Crippen LogP) is 6.81. The number of nitrogens with one attached hydrogen (secondary N) is 2. The quantitative estimate of drug-likeness (QED) is 0.146. The number of aryl methyl sites for hydroxylation is 1. The Balaban J connectivity index is 0.728. The average molecular weight is 881 g/mol. The van der Waals surface area contributed by atoms with Gasteiger partial charge >= 0.3 is 0 Å². The summed E-state index contributed by atoms with van der Waals surface area (Å²) >= 11 is 0. The van der Waals surface area contributed by atoms with E-state index in [-0.39, 0.29) is 35.9 Å². The molecule has 0 spiro atoms. The molecule has 0 bridgehead atoms. The van der Waals surface area contributed by atoms with Crippen molar-refractivity contribution in [2.24, 2.45) is 5.92 Å². The van der Waals surface area contributed by atoms with Crippen molar-refractivity contribution in [2.45, 2.75) is 96.8 Å². The molecule has 340 valence electrons. The summed E-state index contributed by atoms with van der Waals surface area (Å²) in [4.78, 5) is 53.7. The van der Waals surface area contributed by atoms with Gasteiger partial charge in [-0.1, -0.05) is 35.4 Å². The van der Waals surface area contributed by atoms with E-state index in [1.54, 1.807) is 0 Å². The number of pyridine rings is 2. The molecule has 7 heterocycles. The lowest BCUT2D eigenvalue weighted by atomic mass is 9.83. The fourth-order valence-electron chi connectivity index (χ4n) is 10.4. The molecule has 1 aromatic carbocycles. The lowest BCUT2D eigenvalue weighted by Crippen LogP contribution is -2.39. The van der Waals surface area contributed by atoms with Crippen LogP contribution in [-0.4, -0.2) is 104 Å². The second-order valence-electron chi connectivity index (χ2n) is 18.7. The Morgan fingerprint density at radius 1 is 0.908 bits per heavy atom. The van der Waals surface area contributed by atoms with Gasteiger partial charge in [-0.25, -0.2) is 9.37 Å². The summed E-state index contributed by atoms with van der Waals surface area (Å²) in [5.41, 5.74) is 17.1. The SMILES string of the molecule is C/C(=C\c1c(-c2ccc(N)nc2)ccnc1C)CN1CCC(C2=CC=C(C(=O)N3CCn4nc(CN5CCC(c6ccc(NC7CCC(=O)CNC7=O)cc6F)CC5)cc4C3)CC2)CC1. The molecule has 4 N–H and O–H groups in total. The van der Waals surface area contributed by atoms with Gasteiger partial charge in [0.25, 0.3) is 0 Å². The van der Waals surface area contributed by atoms with Crippen LogP contribution in [0.15, 0.2) is 83.7 Å². The number of nitrogen functional groups attached to an aromatic ring is 1. The molecule has 1 atom stereocenters. The molecule has 14 heteroatoms. The van der Waals surface area contributed by atoms with Crippen LogP contribution in [0.2, 0.25) is 0 Å². The number of piperidine rings is 2. The number of aromatic nitrogens is 4. The first-order chi connectivity index (χ1) is 31.5. The van der Waals surface area contributed by atoms with Crippen LogP contribution in [0.4, 0.5) is 15.9 Å². The number of carbonyl (C=O) groups is 3. The molecule has 3 saturated heterocycles. The number of halogens is 1. The highest BCUT2D eigenvalue weighted by molar-refractivity contribution is 5.94. The maximum Gasteiger partial charge on any atom is 0.250 e. The van der Waals surface area contributed by atoms with Gasteiger partial charge in [0.05, 0.1) is 31.0 Å². The fraction of sp³-hybridized carbons (Fsp3) is 0.451. The van der Waals surface area contributed by atoms with Crippen LogP contribution in [-0.2, 0) is 34.0 Å². The summed E-state index contributed by atoms with van der Waals surface area (Å²) in [6.45, 7) is 11.6. The predicted molar refractivity (Wildman–Crippen MR) is 251 cm³/mol. The molecule has 0 radical (unpaired) electrons. The second kappa shape index (κ2) is 19.6. The summed E-state index contributed by atoms with van der Waals surface area (Å²) in [5, 5.41) is 10.7. The largest absolute Gasteiger partial charge is 0.384 e. The molecule has 4 aromatic rings. The van der Waals surface area contributed by atoms with Gasteiger partial charge in [-0.2, -0.15) is 5.10 Å².